The molecule has 2 rings (SSSR count). The summed E-state index contributed by atoms with van der Waals surface area (Å²) in [7, 11) is 0. The number of phenolic OH excluding ortho intramolecular Hbond substituents is 4. The van der Waals surface area contributed by atoms with Gasteiger partial charge in [0.1, 0.15) is 17.1 Å². The molecule has 2 aromatic rings. The summed E-state index contributed by atoms with van der Waals surface area (Å²) < 4.78 is 3.99. The van der Waals surface area contributed by atoms with Crippen LogP contribution < -0.4 is 0 Å². The SMILES string of the molecule is Cc1cc(O)c([OH+]Cc2c(O)cc([OH2+])cc2O)c(O)c1. The van der Waals surface area contributed by atoms with Crippen molar-refractivity contribution in [2.45, 2.75) is 13.5 Å². The molecular formula is C14H16O6+2. The van der Waals surface area contributed by atoms with Gasteiger partial charge in [-0.05, 0) is 24.6 Å². The Kier molecular flexibility index (Phi) is 3.47. The van der Waals surface area contributed by atoms with Crippen LogP contribution in [-0.4, -0.2) is 30.3 Å². The van der Waals surface area contributed by atoms with Gasteiger partial charge in [0.15, 0.2) is 0 Å². The number of aromatic hydroxyl groups is 5. The zero-order chi connectivity index (χ0) is 14.9. The molecule has 0 saturated carbocycles. The highest BCUT2D eigenvalue weighted by molar-refractivity contribution is 5.52. The van der Waals surface area contributed by atoms with E-state index in [0.717, 1.165) is 0 Å². The lowest BCUT2D eigenvalue weighted by Gasteiger charge is -2.10. The molecule has 106 valence electrons. The maximum atomic E-state index is 9.72. The van der Waals surface area contributed by atoms with Crippen molar-refractivity contribution < 1.29 is 30.3 Å². The van der Waals surface area contributed by atoms with Crippen molar-refractivity contribution in [3.63, 3.8) is 0 Å². The van der Waals surface area contributed by atoms with Crippen LogP contribution in [0.4, 0.5) is 0 Å². The predicted octanol–water partition coefficient (Wildman–Crippen LogP) is 1.70. The summed E-state index contributed by atoms with van der Waals surface area (Å²) in [5.41, 5.74) is 0.809. The van der Waals surface area contributed by atoms with Crippen LogP contribution in [0, 0.1) is 6.92 Å². The van der Waals surface area contributed by atoms with Crippen molar-refractivity contribution in [3.8, 4) is 34.5 Å². The lowest BCUT2D eigenvalue weighted by Crippen LogP contribution is -1.94. The largest absolute Gasteiger partial charge is 0.593 e. The second kappa shape index (κ2) is 5.08. The smallest absolute Gasteiger partial charge is 0.340 e. The first kappa shape index (κ1) is 13.7. The molecular weight excluding hydrogens is 264 g/mol. The van der Waals surface area contributed by atoms with Gasteiger partial charge in [0.25, 0.3) is 5.75 Å². The molecule has 20 heavy (non-hydrogen) atoms. The van der Waals surface area contributed by atoms with Crippen LogP contribution >= 0.6 is 0 Å². The monoisotopic (exact) mass is 280 g/mol. The molecule has 0 amide bonds. The van der Waals surface area contributed by atoms with Gasteiger partial charge in [-0.25, -0.2) is 0 Å². The highest BCUT2D eigenvalue weighted by Crippen LogP contribution is 2.40. The quantitative estimate of drug-likeness (QED) is 0.505. The Morgan fingerprint density at radius 3 is 1.90 bits per heavy atom. The first-order valence-corrected chi connectivity index (χ1v) is 5.85. The average Bonchev–Trinajstić information content (AvgIpc) is 2.30. The molecule has 0 unspecified atom stereocenters. The lowest BCUT2D eigenvalue weighted by atomic mass is 10.1. The topological polar surface area (TPSA) is 117 Å². The molecule has 0 radical (unpaired) electrons. The Labute approximate surface area is 114 Å². The predicted molar refractivity (Wildman–Crippen MR) is 72.7 cm³/mol. The van der Waals surface area contributed by atoms with Crippen molar-refractivity contribution in [3.05, 3.63) is 35.4 Å². The van der Waals surface area contributed by atoms with E-state index < -0.39 is 0 Å². The number of hydrogen-bond acceptors (Lipinski definition) is 4. The average molecular weight is 280 g/mol. The van der Waals surface area contributed by atoms with Gasteiger partial charge in [-0.2, -0.15) is 0 Å². The standard InChI is InChI=1S/C14H14O6/c1-7-2-12(18)14(13(19)3-7)20-6-9-10(16)4-8(15)5-11(9)17/h2-5,15-19H,6H2,1H3/p+2. The number of phenols is 4. The molecule has 0 atom stereocenters. The Balaban J connectivity index is 2.26. The van der Waals surface area contributed by atoms with Gasteiger partial charge in [-0.15, -0.1) is 0 Å². The van der Waals surface area contributed by atoms with E-state index in [9.17, 15) is 20.4 Å². The van der Waals surface area contributed by atoms with Gasteiger partial charge in [-0.3, -0.25) is 0 Å². The number of ether oxygens (including phenoxy) is 1. The van der Waals surface area contributed by atoms with Crippen LogP contribution in [0.3, 0.4) is 0 Å². The molecule has 0 fully saturated rings. The summed E-state index contributed by atoms with van der Waals surface area (Å²) in [6.07, 6.45) is 0. The number of hydrogen-bond donors (Lipinski definition) is 4. The van der Waals surface area contributed by atoms with Crippen molar-refractivity contribution in [2.75, 3.05) is 0 Å². The zero-order valence-corrected chi connectivity index (χ0v) is 10.8. The molecule has 2 aromatic carbocycles. The van der Waals surface area contributed by atoms with E-state index in [1.54, 1.807) is 6.92 Å². The van der Waals surface area contributed by atoms with E-state index in [1.807, 2.05) is 0 Å². The minimum Gasteiger partial charge on any atom is -0.593 e. The fourth-order valence-corrected chi connectivity index (χ4v) is 1.86. The second-order valence-electron chi connectivity index (χ2n) is 4.46. The van der Waals surface area contributed by atoms with E-state index in [-0.39, 0.29) is 46.7 Å². The third-order valence-corrected chi connectivity index (χ3v) is 2.81. The van der Waals surface area contributed by atoms with E-state index in [4.69, 9.17) is 5.11 Å². The van der Waals surface area contributed by atoms with Gasteiger partial charge in [-0.1, -0.05) is 0 Å². The van der Waals surface area contributed by atoms with Gasteiger partial charge in [0.2, 0.25) is 18.1 Å². The van der Waals surface area contributed by atoms with Crippen molar-refractivity contribution >= 4 is 0 Å². The Morgan fingerprint density at radius 1 is 0.900 bits per heavy atom. The van der Waals surface area contributed by atoms with Crippen LogP contribution in [0.25, 0.3) is 0 Å². The Morgan fingerprint density at radius 2 is 1.40 bits per heavy atom. The summed E-state index contributed by atoms with van der Waals surface area (Å²) >= 11 is 0. The third-order valence-electron chi connectivity index (χ3n) is 2.81. The summed E-state index contributed by atoms with van der Waals surface area (Å²) in [5, 5.41) is 46.1. The summed E-state index contributed by atoms with van der Waals surface area (Å²) in [4.78, 5) is 0. The molecule has 0 aromatic heterocycles. The molecule has 0 saturated heterocycles. The minimum atomic E-state index is -0.259. The molecule has 0 heterocycles. The summed E-state index contributed by atoms with van der Waals surface area (Å²) in [6, 6.07) is 5.26. The van der Waals surface area contributed by atoms with E-state index >= 15 is 0 Å². The molecule has 0 aliphatic carbocycles. The molecule has 6 nitrogen and oxygen atoms in total. The lowest BCUT2D eigenvalue weighted by molar-refractivity contribution is 0.0397. The van der Waals surface area contributed by atoms with Crippen molar-refractivity contribution in [2.24, 2.45) is 0 Å². The third kappa shape index (κ3) is 2.64. The van der Waals surface area contributed by atoms with Crippen molar-refractivity contribution in [1.29, 1.82) is 0 Å². The van der Waals surface area contributed by atoms with Gasteiger partial charge < -0.3 is 30.3 Å². The van der Waals surface area contributed by atoms with E-state index in [2.05, 4.69) is 4.74 Å². The van der Waals surface area contributed by atoms with Gasteiger partial charge >= 0.3 is 5.75 Å². The molecule has 0 aliphatic heterocycles. The number of rotatable bonds is 3. The number of aryl methyl sites for hydroxylation is 1. The number of benzene rings is 2. The van der Waals surface area contributed by atoms with Crippen LogP contribution in [0.2, 0.25) is 0 Å². The highest BCUT2D eigenvalue weighted by atomic mass is 16.5. The van der Waals surface area contributed by atoms with Gasteiger partial charge in [0, 0.05) is 0 Å². The first-order valence-electron chi connectivity index (χ1n) is 5.85. The zero-order valence-electron chi connectivity index (χ0n) is 10.8. The highest BCUT2D eigenvalue weighted by Gasteiger charge is 2.19. The van der Waals surface area contributed by atoms with Crippen LogP contribution in [0.1, 0.15) is 11.1 Å². The maximum Gasteiger partial charge on any atom is 0.340 e. The maximum absolute atomic E-state index is 9.72. The Bertz CT molecular complexity index is 547. The summed E-state index contributed by atoms with van der Waals surface area (Å²) in [5.74, 6) is -0.916. The molecule has 0 bridgehead atoms. The van der Waals surface area contributed by atoms with Gasteiger partial charge in [0.05, 0.1) is 12.1 Å². The first-order chi connectivity index (χ1) is 9.38. The molecule has 6 heteroatoms. The molecule has 7 N–H and O–H groups in total. The molecule has 0 aliphatic rings. The van der Waals surface area contributed by atoms with Crippen LogP contribution in [-0.2, 0) is 6.61 Å². The Hall–Kier alpha value is -2.76. The minimum absolute atomic E-state index is 0.00986. The van der Waals surface area contributed by atoms with Crippen LogP contribution in [0.5, 0.6) is 34.5 Å². The fraction of sp³-hybridized carbons (Fsp3) is 0.143. The fourth-order valence-electron chi connectivity index (χ4n) is 1.86. The molecule has 0 spiro atoms. The number of aliphatic hydroxyl groups is 1. The van der Waals surface area contributed by atoms with E-state index in [0.29, 0.717) is 5.56 Å². The summed E-state index contributed by atoms with van der Waals surface area (Å²) in [6.45, 7) is 1.58. The van der Waals surface area contributed by atoms with Crippen molar-refractivity contribution in [1.82, 2.24) is 0 Å². The normalized spacial score (nSPS) is 10.4. The van der Waals surface area contributed by atoms with E-state index in [1.165, 1.54) is 24.3 Å². The second-order valence-corrected chi connectivity index (χ2v) is 4.46. The van der Waals surface area contributed by atoms with Crippen LogP contribution in [0.15, 0.2) is 24.3 Å².